The fourth-order valence-corrected chi connectivity index (χ4v) is 3.20. The highest BCUT2D eigenvalue weighted by atomic mass is 16.5. The van der Waals surface area contributed by atoms with Gasteiger partial charge in [0.2, 0.25) is 0 Å². The number of nitrogens with one attached hydrogen (secondary N) is 1. The predicted octanol–water partition coefficient (Wildman–Crippen LogP) is 3.28. The smallest absolute Gasteiger partial charge is 0.193 e. The maximum absolute atomic E-state index is 5.22. The van der Waals surface area contributed by atoms with Crippen LogP contribution in [0, 0.1) is 0 Å². The summed E-state index contributed by atoms with van der Waals surface area (Å²) in [6.45, 7) is 3.50. The standard InChI is InChI=1S/C22H28N4O/c1-23-22(25(2)17-18-9-11-21(27-3)12-10-18)24-16-19-7-6-8-20(15-19)26-13-4-5-14-26/h4-12,15H,13-14,16-17H2,1-3H3,(H,23,24). The zero-order valence-corrected chi connectivity index (χ0v) is 16.4. The fourth-order valence-electron chi connectivity index (χ4n) is 3.20. The number of nitrogens with zero attached hydrogens (tertiary/aromatic N) is 3. The molecule has 0 radical (unpaired) electrons. The van der Waals surface area contributed by atoms with Crippen LogP contribution in [0.3, 0.4) is 0 Å². The lowest BCUT2D eigenvalue weighted by molar-refractivity contribution is 0.414. The minimum atomic E-state index is 0.745. The van der Waals surface area contributed by atoms with Gasteiger partial charge in [0.25, 0.3) is 0 Å². The summed E-state index contributed by atoms with van der Waals surface area (Å²) < 4.78 is 5.22. The van der Waals surface area contributed by atoms with Crippen LogP contribution in [-0.2, 0) is 13.1 Å². The van der Waals surface area contributed by atoms with E-state index >= 15 is 0 Å². The zero-order valence-electron chi connectivity index (χ0n) is 16.4. The highest BCUT2D eigenvalue weighted by molar-refractivity contribution is 5.79. The summed E-state index contributed by atoms with van der Waals surface area (Å²) in [7, 11) is 5.55. The van der Waals surface area contributed by atoms with E-state index in [4.69, 9.17) is 4.74 Å². The Morgan fingerprint density at radius 1 is 1.11 bits per heavy atom. The van der Waals surface area contributed by atoms with Gasteiger partial charge in [0.1, 0.15) is 5.75 Å². The van der Waals surface area contributed by atoms with Gasteiger partial charge in [-0.3, -0.25) is 4.99 Å². The number of rotatable bonds is 6. The molecule has 5 heteroatoms. The molecule has 3 rings (SSSR count). The number of aliphatic imine (C=N–C) groups is 1. The van der Waals surface area contributed by atoms with E-state index in [0.29, 0.717) is 0 Å². The van der Waals surface area contributed by atoms with Gasteiger partial charge in [-0.1, -0.05) is 36.4 Å². The summed E-state index contributed by atoms with van der Waals surface area (Å²) >= 11 is 0. The van der Waals surface area contributed by atoms with Gasteiger partial charge in [0, 0.05) is 46.0 Å². The molecule has 0 atom stereocenters. The number of methoxy groups -OCH3 is 1. The first-order chi connectivity index (χ1) is 13.2. The molecule has 1 heterocycles. The van der Waals surface area contributed by atoms with Gasteiger partial charge in [0.15, 0.2) is 5.96 Å². The molecule has 5 nitrogen and oxygen atoms in total. The Kier molecular flexibility index (Phi) is 6.36. The average molecular weight is 364 g/mol. The van der Waals surface area contributed by atoms with Crippen LogP contribution < -0.4 is 15.0 Å². The van der Waals surface area contributed by atoms with E-state index in [0.717, 1.165) is 37.9 Å². The average Bonchev–Trinajstić information content (AvgIpc) is 3.24. The molecule has 0 unspecified atom stereocenters. The number of benzene rings is 2. The van der Waals surface area contributed by atoms with Crippen molar-refractivity contribution in [3.63, 3.8) is 0 Å². The fraction of sp³-hybridized carbons (Fsp3) is 0.318. The summed E-state index contributed by atoms with van der Waals surface area (Å²) in [4.78, 5) is 8.90. The Morgan fingerprint density at radius 3 is 2.52 bits per heavy atom. The van der Waals surface area contributed by atoms with Crippen LogP contribution in [0.4, 0.5) is 5.69 Å². The van der Waals surface area contributed by atoms with Crippen LogP contribution in [0.5, 0.6) is 5.75 Å². The molecule has 0 bridgehead atoms. The second-order valence-corrected chi connectivity index (χ2v) is 6.65. The Hall–Kier alpha value is -2.95. The van der Waals surface area contributed by atoms with Crippen molar-refractivity contribution >= 4 is 11.6 Å². The lowest BCUT2D eigenvalue weighted by Gasteiger charge is -2.23. The Labute approximate surface area is 162 Å². The van der Waals surface area contributed by atoms with Crippen molar-refractivity contribution in [2.75, 3.05) is 39.2 Å². The second-order valence-electron chi connectivity index (χ2n) is 6.65. The van der Waals surface area contributed by atoms with Crippen molar-refractivity contribution in [3.05, 3.63) is 71.8 Å². The molecule has 1 N–H and O–H groups in total. The lowest BCUT2D eigenvalue weighted by Crippen LogP contribution is -2.38. The maximum atomic E-state index is 5.22. The Bertz CT molecular complexity index is 790. The molecule has 2 aromatic carbocycles. The second kappa shape index (κ2) is 9.12. The number of anilines is 1. The monoisotopic (exact) mass is 364 g/mol. The van der Waals surface area contributed by atoms with Crippen LogP contribution >= 0.6 is 0 Å². The predicted molar refractivity (Wildman–Crippen MR) is 112 cm³/mol. The molecule has 142 valence electrons. The molecule has 0 saturated heterocycles. The highest BCUT2D eigenvalue weighted by Gasteiger charge is 2.10. The summed E-state index contributed by atoms with van der Waals surface area (Å²) in [5, 5.41) is 3.46. The molecule has 1 aliphatic rings. The number of guanidine groups is 1. The van der Waals surface area contributed by atoms with Gasteiger partial charge in [-0.2, -0.15) is 0 Å². The lowest BCUT2D eigenvalue weighted by atomic mass is 10.2. The Balaban J connectivity index is 1.57. The molecule has 0 saturated carbocycles. The molecule has 2 aromatic rings. The molecule has 0 amide bonds. The van der Waals surface area contributed by atoms with E-state index in [1.807, 2.05) is 26.2 Å². The topological polar surface area (TPSA) is 40.1 Å². The third-order valence-electron chi connectivity index (χ3n) is 4.70. The van der Waals surface area contributed by atoms with Gasteiger partial charge in [0.05, 0.1) is 7.11 Å². The van der Waals surface area contributed by atoms with Crippen LogP contribution in [0.2, 0.25) is 0 Å². The van der Waals surface area contributed by atoms with Crippen LogP contribution in [0.25, 0.3) is 0 Å². The SMILES string of the molecule is CN=C(NCc1cccc(N2CC=CC2)c1)N(C)Cc1ccc(OC)cc1. The molecule has 0 spiro atoms. The number of hydrogen-bond acceptors (Lipinski definition) is 3. The van der Waals surface area contributed by atoms with Gasteiger partial charge < -0.3 is 19.9 Å². The van der Waals surface area contributed by atoms with Gasteiger partial charge >= 0.3 is 0 Å². The van der Waals surface area contributed by atoms with Crippen LogP contribution in [0.15, 0.2) is 65.7 Å². The summed E-state index contributed by atoms with van der Waals surface area (Å²) in [5.41, 5.74) is 3.73. The third-order valence-corrected chi connectivity index (χ3v) is 4.70. The van der Waals surface area contributed by atoms with Crippen molar-refractivity contribution in [1.29, 1.82) is 0 Å². The van der Waals surface area contributed by atoms with E-state index in [9.17, 15) is 0 Å². The summed E-state index contributed by atoms with van der Waals surface area (Å²) in [6.07, 6.45) is 4.42. The molecule has 1 aliphatic heterocycles. The first kappa shape index (κ1) is 18.8. The van der Waals surface area contributed by atoms with Crippen molar-refractivity contribution in [3.8, 4) is 5.75 Å². The van der Waals surface area contributed by atoms with E-state index in [2.05, 4.69) is 68.7 Å². The normalized spacial score (nSPS) is 13.7. The minimum absolute atomic E-state index is 0.745. The summed E-state index contributed by atoms with van der Waals surface area (Å²) in [5.74, 6) is 1.75. The van der Waals surface area contributed by atoms with Crippen molar-refractivity contribution in [2.24, 2.45) is 4.99 Å². The van der Waals surface area contributed by atoms with Crippen LogP contribution in [0.1, 0.15) is 11.1 Å². The highest BCUT2D eigenvalue weighted by Crippen LogP contribution is 2.18. The van der Waals surface area contributed by atoms with Crippen LogP contribution in [-0.4, -0.2) is 45.2 Å². The molecule has 0 fully saturated rings. The van der Waals surface area contributed by atoms with Gasteiger partial charge in [-0.15, -0.1) is 0 Å². The molecule has 0 aliphatic carbocycles. The van der Waals surface area contributed by atoms with E-state index in [-0.39, 0.29) is 0 Å². The van der Waals surface area contributed by atoms with Gasteiger partial charge in [-0.25, -0.2) is 0 Å². The van der Waals surface area contributed by atoms with Crippen molar-refractivity contribution in [2.45, 2.75) is 13.1 Å². The maximum Gasteiger partial charge on any atom is 0.193 e. The first-order valence-electron chi connectivity index (χ1n) is 9.23. The van der Waals surface area contributed by atoms with E-state index < -0.39 is 0 Å². The van der Waals surface area contributed by atoms with Gasteiger partial charge in [-0.05, 0) is 35.4 Å². The first-order valence-corrected chi connectivity index (χ1v) is 9.23. The zero-order chi connectivity index (χ0) is 19.1. The molecule has 0 aromatic heterocycles. The minimum Gasteiger partial charge on any atom is -0.497 e. The van der Waals surface area contributed by atoms with Crippen molar-refractivity contribution < 1.29 is 4.74 Å². The largest absolute Gasteiger partial charge is 0.497 e. The third kappa shape index (κ3) is 5.03. The number of ether oxygens (including phenoxy) is 1. The van der Waals surface area contributed by atoms with Crippen molar-refractivity contribution in [1.82, 2.24) is 10.2 Å². The number of hydrogen-bond donors (Lipinski definition) is 1. The quantitative estimate of drug-likeness (QED) is 0.485. The van der Waals surface area contributed by atoms with E-state index in [1.54, 1.807) is 7.11 Å². The molecule has 27 heavy (non-hydrogen) atoms. The Morgan fingerprint density at radius 2 is 1.85 bits per heavy atom. The van der Waals surface area contributed by atoms with E-state index in [1.165, 1.54) is 16.8 Å². The molecular formula is C22H28N4O. The molecular weight excluding hydrogens is 336 g/mol. The summed E-state index contributed by atoms with van der Waals surface area (Å²) in [6, 6.07) is 16.8.